The number of benzene rings is 2. The fourth-order valence-corrected chi connectivity index (χ4v) is 1.89. The van der Waals surface area contributed by atoms with Gasteiger partial charge in [0.15, 0.2) is 4.99 Å². The lowest BCUT2D eigenvalue weighted by atomic mass is 10.2. The second-order valence-corrected chi connectivity index (χ2v) is 5.23. The quantitative estimate of drug-likeness (QED) is 0.838. The SMILES string of the molecule is O=C(Nc1cc(F)ccc1F)C(=S)NCc1ccc(Cl)cc1. The molecule has 0 saturated heterocycles. The van der Waals surface area contributed by atoms with Crippen LogP contribution in [0.2, 0.25) is 5.02 Å². The van der Waals surface area contributed by atoms with Crippen molar-refractivity contribution in [3.63, 3.8) is 0 Å². The predicted molar refractivity (Wildman–Crippen MR) is 85.9 cm³/mol. The van der Waals surface area contributed by atoms with Crippen LogP contribution < -0.4 is 10.6 Å². The molecule has 0 aromatic heterocycles. The highest BCUT2D eigenvalue weighted by atomic mass is 35.5. The second-order valence-electron chi connectivity index (χ2n) is 4.39. The average Bonchev–Trinajstić information content (AvgIpc) is 2.50. The van der Waals surface area contributed by atoms with Crippen LogP contribution in [-0.2, 0) is 11.3 Å². The summed E-state index contributed by atoms with van der Waals surface area (Å²) in [5.74, 6) is -2.11. The molecule has 1 amide bonds. The molecular formula is C15H11ClF2N2OS. The first-order chi connectivity index (χ1) is 10.5. The Morgan fingerprint density at radius 3 is 2.50 bits per heavy atom. The number of rotatable bonds is 3. The Bertz CT molecular complexity index is 707. The van der Waals surface area contributed by atoms with E-state index >= 15 is 0 Å². The van der Waals surface area contributed by atoms with E-state index in [1.807, 2.05) is 0 Å². The van der Waals surface area contributed by atoms with Gasteiger partial charge < -0.3 is 10.6 Å². The van der Waals surface area contributed by atoms with Gasteiger partial charge in [0.1, 0.15) is 11.6 Å². The third-order valence-electron chi connectivity index (χ3n) is 2.75. The van der Waals surface area contributed by atoms with Gasteiger partial charge in [0.2, 0.25) is 0 Å². The molecule has 3 nitrogen and oxygen atoms in total. The van der Waals surface area contributed by atoms with E-state index in [-0.39, 0.29) is 10.7 Å². The van der Waals surface area contributed by atoms with Crippen molar-refractivity contribution >= 4 is 40.4 Å². The maximum atomic E-state index is 13.4. The standard InChI is InChI=1S/C15H11ClF2N2OS/c16-10-3-1-9(2-4-10)8-19-15(22)14(21)20-13-7-11(17)5-6-12(13)18/h1-7H,8H2,(H,19,22)(H,20,21). The monoisotopic (exact) mass is 340 g/mol. The number of carbonyl (C=O) groups is 1. The topological polar surface area (TPSA) is 41.1 Å². The van der Waals surface area contributed by atoms with Gasteiger partial charge in [-0.15, -0.1) is 0 Å². The number of carbonyl (C=O) groups excluding carboxylic acids is 1. The zero-order valence-electron chi connectivity index (χ0n) is 11.2. The van der Waals surface area contributed by atoms with Gasteiger partial charge in [-0.05, 0) is 29.8 Å². The first-order valence-corrected chi connectivity index (χ1v) is 7.03. The van der Waals surface area contributed by atoms with Crippen molar-refractivity contribution in [3.05, 3.63) is 64.7 Å². The van der Waals surface area contributed by atoms with E-state index < -0.39 is 17.5 Å². The minimum atomic E-state index is -0.741. The molecule has 0 aliphatic rings. The van der Waals surface area contributed by atoms with Gasteiger partial charge in [0.05, 0.1) is 5.69 Å². The first kappa shape index (κ1) is 16.3. The van der Waals surface area contributed by atoms with Crippen LogP contribution in [0.15, 0.2) is 42.5 Å². The van der Waals surface area contributed by atoms with Crippen LogP contribution >= 0.6 is 23.8 Å². The number of hydrogen-bond donors (Lipinski definition) is 2. The Morgan fingerprint density at radius 1 is 1.14 bits per heavy atom. The lowest BCUT2D eigenvalue weighted by molar-refractivity contribution is -0.110. The molecule has 2 N–H and O–H groups in total. The molecule has 114 valence electrons. The molecule has 22 heavy (non-hydrogen) atoms. The van der Waals surface area contributed by atoms with Gasteiger partial charge in [0, 0.05) is 17.6 Å². The van der Waals surface area contributed by atoms with E-state index in [4.69, 9.17) is 23.8 Å². The molecule has 0 fully saturated rings. The summed E-state index contributed by atoms with van der Waals surface area (Å²) >= 11 is 10.7. The number of amides is 1. The molecule has 0 atom stereocenters. The largest absolute Gasteiger partial charge is 0.368 e. The third-order valence-corrected chi connectivity index (χ3v) is 3.33. The van der Waals surface area contributed by atoms with E-state index in [0.717, 1.165) is 23.8 Å². The van der Waals surface area contributed by atoms with E-state index in [9.17, 15) is 13.6 Å². The van der Waals surface area contributed by atoms with Crippen molar-refractivity contribution in [1.29, 1.82) is 0 Å². The number of nitrogens with one attached hydrogen (secondary N) is 2. The molecule has 2 aromatic carbocycles. The summed E-state index contributed by atoms with van der Waals surface area (Å²) in [5, 5.41) is 5.55. The maximum Gasteiger partial charge on any atom is 0.283 e. The van der Waals surface area contributed by atoms with Crippen LogP contribution in [0.25, 0.3) is 0 Å². The van der Waals surface area contributed by atoms with Gasteiger partial charge >= 0.3 is 0 Å². The van der Waals surface area contributed by atoms with Gasteiger partial charge in [-0.25, -0.2) is 8.78 Å². The predicted octanol–water partition coefficient (Wildman–Crippen LogP) is 3.67. The normalized spacial score (nSPS) is 10.1. The van der Waals surface area contributed by atoms with Crippen LogP contribution in [0.1, 0.15) is 5.56 Å². The Kier molecular flexibility index (Phi) is 5.41. The van der Waals surface area contributed by atoms with Crippen molar-refractivity contribution in [2.75, 3.05) is 5.32 Å². The molecule has 2 aromatic rings. The summed E-state index contributed by atoms with van der Waals surface area (Å²) in [4.78, 5) is 11.7. The third kappa shape index (κ3) is 4.47. The highest BCUT2D eigenvalue weighted by molar-refractivity contribution is 7.82. The van der Waals surface area contributed by atoms with Crippen molar-refractivity contribution in [1.82, 2.24) is 5.32 Å². The minimum absolute atomic E-state index is 0.126. The molecule has 0 aliphatic carbocycles. The summed E-state index contributed by atoms with van der Waals surface area (Å²) < 4.78 is 26.4. The molecular weight excluding hydrogens is 330 g/mol. The lowest BCUT2D eigenvalue weighted by Crippen LogP contribution is -2.33. The zero-order valence-corrected chi connectivity index (χ0v) is 12.8. The fraction of sp³-hybridized carbons (Fsp3) is 0.0667. The van der Waals surface area contributed by atoms with Crippen LogP contribution in [0.4, 0.5) is 14.5 Å². The summed E-state index contributed by atoms with van der Waals surface area (Å²) in [7, 11) is 0. The Balaban J connectivity index is 1.93. The molecule has 0 heterocycles. The average molecular weight is 341 g/mol. The summed E-state index contributed by atoms with van der Waals surface area (Å²) in [6.45, 7) is 0.315. The van der Waals surface area contributed by atoms with Gasteiger partial charge in [-0.3, -0.25) is 4.79 Å². The van der Waals surface area contributed by atoms with Crippen LogP contribution in [0.5, 0.6) is 0 Å². The van der Waals surface area contributed by atoms with Crippen LogP contribution in [-0.4, -0.2) is 10.9 Å². The van der Waals surface area contributed by atoms with Crippen molar-refractivity contribution in [2.24, 2.45) is 0 Å². The molecule has 0 bridgehead atoms. The van der Waals surface area contributed by atoms with E-state index in [2.05, 4.69) is 10.6 Å². The second kappa shape index (κ2) is 7.29. The molecule has 0 aliphatic heterocycles. The molecule has 0 spiro atoms. The lowest BCUT2D eigenvalue weighted by Gasteiger charge is -2.09. The summed E-state index contributed by atoms with van der Waals surface area (Å²) in [6, 6.07) is 9.75. The van der Waals surface area contributed by atoms with E-state index in [0.29, 0.717) is 11.6 Å². The van der Waals surface area contributed by atoms with Gasteiger partial charge in [0.25, 0.3) is 5.91 Å². The van der Waals surface area contributed by atoms with E-state index in [1.165, 1.54) is 0 Å². The Hall–Kier alpha value is -2.05. The minimum Gasteiger partial charge on any atom is -0.368 e. The highest BCUT2D eigenvalue weighted by Crippen LogP contribution is 2.15. The molecule has 7 heteroatoms. The number of anilines is 1. The number of hydrogen-bond acceptors (Lipinski definition) is 2. The van der Waals surface area contributed by atoms with Crippen LogP contribution in [0, 0.1) is 11.6 Å². The van der Waals surface area contributed by atoms with Crippen LogP contribution in [0.3, 0.4) is 0 Å². The van der Waals surface area contributed by atoms with Crippen molar-refractivity contribution < 1.29 is 13.6 Å². The van der Waals surface area contributed by atoms with Gasteiger partial charge in [-0.1, -0.05) is 36.0 Å². The smallest absolute Gasteiger partial charge is 0.283 e. The Morgan fingerprint density at radius 2 is 1.82 bits per heavy atom. The van der Waals surface area contributed by atoms with Gasteiger partial charge in [-0.2, -0.15) is 0 Å². The highest BCUT2D eigenvalue weighted by Gasteiger charge is 2.12. The Labute approximate surface area is 136 Å². The molecule has 0 radical (unpaired) electrons. The molecule has 0 saturated carbocycles. The summed E-state index contributed by atoms with van der Waals surface area (Å²) in [5.41, 5.74) is 0.608. The molecule has 2 rings (SSSR count). The van der Waals surface area contributed by atoms with Crippen molar-refractivity contribution in [3.8, 4) is 0 Å². The van der Waals surface area contributed by atoms with E-state index in [1.54, 1.807) is 24.3 Å². The molecule has 0 unspecified atom stereocenters. The summed E-state index contributed by atoms with van der Waals surface area (Å²) in [6.07, 6.45) is 0. The zero-order chi connectivity index (χ0) is 16.1. The number of thiocarbonyl (C=S) groups is 1. The number of halogens is 3. The van der Waals surface area contributed by atoms with Crippen molar-refractivity contribution in [2.45, 2.75) is 6.54 Å². The fourth-order valence-electron chi connectivity index (χ4n) is 1.64. The maximum absolute atomic E-state index is 13.4. The first-order valence-electron chi connectivity index (χ1n) is 6.24.